The highest BCUT2D eigenvalue weighted by atomic mass is 127. The standard InChI is InChI=1S/C14H9IN2O3/c15-8-4-6-9(7-5-8)17-11-3-1-2-10(13(18)19)12(11)16-14(17)20/h1-7H,(H,16,20)(H,18,19). The molecule has 20 heavy (non-hydrogen) atoms. The first-order valence-electron chi connectivity index (χ1n) is 5.81. The maximum Gasteiger partial charge on any atom is 0.337 e. The van der Waals surface area contributed by atoms with Gasteiger partial charge in [0.2, 0.25) is 0 Å². The largest absolute Gasteiger partial charge is 0.478 e. The van der Waals surface area contributed by atoms with Crippen molar-refractivity contribution in [3.63, 3.8) is 0 Å². The van der Waals surface area contributed by atoms with Crippen molar-refractivity contribution >= 4 is 39.6 Å². The molecule has 1 heterocycles. The zero-order valence-electron chi connectivity index (χ0n) is 10.1. The van der Waals surface area contributed by atoms with Crippen LogP contribution in [0, 0.1) is 3.57 Å². The van der Waals surface area contributed by atoms with Gasteiger partial charge in [0.05, 0.1) is 22.3 Å². The third-order valence-corrected chi connectivity index (χ3v) is 3.75. The average molecular weight is 380 g/mol. The molecular weight excluding hydrogens is 371 g/mol. The predicted octanol–water partition coefficient (Wildman–Crippen LogP) is 2.62. The van der Waals surface area contributed by atoms with Crippen LogP contribution in [0.25, 0.3) is 16.7 Å². The molecule has 5 nitrogen and oxygen atoms in total. The fourth-order valence-corrected chi connectivity index (χ4v) is 2.51. The van der Waals surface area contributed by atoms with Gasteiger partial charge in [-0.2, -0.15) is 0 Å². The molecule has 0 radical (unpaired) electrons. The van der Waals surface area contributed by atoms with Crippen LogP contribution >= 0.6 is 22.6 Å². The van der Waals surface area contributed by atoms with Crippen molar-refractivity contribution in [1.82, 2.24) is 9.55 Å². The van der Waals surface area contributed by atoms with E-state index in [0.29, 0.717) is 16.7 Å². The molecule has 3 rings (SSSR count). The van der Waals surface area contributed by atoms with E-state index in [2.05, 4.69) is 27.6 Å². The van der Waals surface area contributed by atoms with Crippen LogP contribution in [-0.2, 0) is 0 Å². The second-order valence-corrected chi connectivity index (χ2v) is 5.49. The first kappa shape index (κ1) is 12.9. The predicted molar refractivity (Wildman–Crippen MR) is 83.6 cm³/mol. The van der Waals surface area contributed by atoms with Crippen molar-refractivity contribution in [3.8, 4) is 5.69 Å². The lowest BCUT2D eigenvalue weighted by molar-refractivity contribution is 0.0699. The summed E-state index contributed by atoms with van der Waals surface area (Å²) in [5.74, 6) is -1.06. The summed E-state index contributed by atoms with van der Waals surface area (Å²) in [4.78, 5) is 25.9. The van der Waals surface area contributed by atoms with Crippen molar-refractivity contribution < 1.29 is 9.90 Å². The van der Waals surface area contributed by atoms with Crippen molar-refractivity contribution in [2.75, 3.05) is 0 Å². The Morgan fingerprint density at radius 1 is 1.15 bits per heavy atom. The van der Waals surface area contributed by atoms with E-state index in [-0.39, 0.29) is 11.3 Å². The quantitative estimate of drug-likeness (QED) is 0.672. The van der Waals surface area contributed by atoms with Crippen LogP contribution in [0.4, 0.5) is 0 Å². The number of imidazole rings is 1. The number of carbonyl (C=O) groups is 1. The third kappa shape index (κ3) is 2.01. The summed E-state index contributed by atoms with van der Waals surface area (Å²) in [5, 5.41) is 9.16. The minimum absolute atomic E-state index is 0.0869. The van der Waals surface area contributed by atoms with Crippen LogP contribution in [0.2, 0.25) is 0 Å². The van der Waals surface area contributed by atoms with Gasteiger partial charge in [0.15, 0.2) is 0 Å². The molecule has 0 aliphatic rings. The lowest BCUT2D eigenvalue weighted by atomic mass is 10.2. The molecule has 0 bridgehead atoms. The second kappa shape index (κ2) is 4.78. The van der Waals surface area contributed by atoms with Crippen LogP contribution in [0.15, 0.2) is 47.3 Å². The summed E-state index contributed by atoms with van der Waals surface area (Å²) in [6.45, 7) is 0. The monoisotopic (exact) mass is 380 g/mol. The zero-order valence-corrected chi connectivity index (χ0v) is 12.3. The Bertz CT molecular complexity index is 862. The highest BCUT2D eigenvalue weighted by molar-refractivity contribution is 14.1. The molecule has 0 aliphatic carbocycles. The van der Waals surface area contributed by atoms with Crippen LogP contribution in [0.1, 0.15) is 10.4 Å². The normalized spacial score (nSPS) is 10.8. The van der Waals surface area contributed by atoms with Gasteiger partial charge in [0.1, 0.15) is 0 Å². The van der Waals surface area contributed by atoms with Crippen LogP contribution in [0.5, 0.6) is 0 Å². The summed E-state index contributed by atoms with van der Waals surface area (Å²) in [7, 11) is 0. The van der Waals surface area contributed by atoms with Crippen molar-refractivity contribution in [3.05, 3.63) is 62.1 Å². The Labute approximate surface area is 127 Å². The number of fused-ring (bicyclic) bond motifs is 1. The Morgan fingerprint density at radius 3 is 2.50 bits per heavy atom. The SMILES string of the molecule is O=C(O)c1cccc2c1[nH]c(=O)n2-c1ccc(I)cc1. The molecule has 0 amide bonds. The fourth-order valence-electron chi connectivity index (χ4n) is 2.15. The van der Waals surface area contributed by atoms with Crippen LogP contribution in [-0.4, -0.2) is 20.6 Å². The van der Waals surface area contributed by atoms with Gasteiger partial charge in [-0.3, -0.25) is 4.57 Å². The number of hydrogen-bond acceptors (Lipinski definition) is 2. The molecule has 6 heteroatoms. The molecule has 2 N–H and O–H groups in total. The number of halogens is 1. The minimum atomic E-state index is -1.06. The van der Waals surface area contributed by atoms with Gasteiger partial charge in [-0.15, -0.1) is 0 Å². The molecule has 0 fully saturated rings. The number of aromatic nitrogens is 2. The number of nitrogens with zero attached hydrogens (tertiary/aromatic N) is 1. The molecule has 100 valence electrons. The number of nitrogens with one attached hydrogen (secondary N) is 1. The van der Waals surface area contributed by atoms with Gasteiger partial charge in [-0.1, -0.05) is 6.07 Å². The van der Waals surface area contributed by atoms with Crippen molar-refractivity contribution in [1.29, 1.82) is 0 Å². The molecule has 0 saturated carbocycles. The van der Waals surface area contributed by atoms with E-state index in [1.54, 1.807) is 12.1 Å². The van der Waals surface area contributed by atoms with E-state index in [4.69, 9.17) is 5.11 Å². The molecule has 0 unspecified atom stereocenters. The number of carboxylic acids is 1. The number of aromatic amines is 1. The van der Waals surface area contributed by atoms with Crippen LogP contribution in [0.3, 0.4) is 0 Å². The lowest BCUT2D eigenvalue weighted by Crippen LogP contribution is -2.14. The minimum Gasteiger partial charge on any atom is -0.478 e. The molecule has 0 spiro atoms. The number of hydrogen-bond donors (Lipinski definition) is 2. The van der Waals surface area contributed by atoms with E-state index >= 15 is 0 Å². The number of H-pyrrole nitrogens is 1. The first-order valence-corrected chi connectivity index (χ1v) is 6.89. The summed E-state index contributed by atoms with van der Waals surface area (Å²) >= 11 is 2.18. The van der Waals surface area contributed by atoms with Gasteiger partial charge in [0.25, 0.3) is 0 Å². The topological polar surface area (TPSA) is 75.1 Å². The van der Waals surface area contributed by atoms with E-state index in [0.717, 1.165) is 3.57 Å². The van der Waals surface area contributed by atoms with E-state index in [1.165, 1.54) is 10.6 Å². The van der Waals surface area contributed by atoms with Crippen molar-refractivity contribution in [2.24, 2.45) is 0 Å². The molecular formula is C14H9IN2O3. The van der Waals surface area contributed by atoms with E-state index in [1.807, 2.05) is 24.3 Å². The Kier molecular flexibility index (Phi) is 3.09. The highest BCUT2D eigenvalue weighted by Gasteiger charge is 2.14. The third-order valence-electron chi connectivity index (χ3n) is 3.03. The zero-order chi connectivity index (χ0) is 14.3. The van der Waals surface area contributed by atoms with Gasteiger partial charge in [-0.25, -0.2) is 9.59 Å². The summed E-state index contributed by atoms with van der Waals surface area (Å²) in [5.41, 5.74) is 1.32. The molecule has 0 saturated heterocycles. The Balaban J connectivity index is 2.35. The smallest absolute Gasteiger partial charge is 0.337 e. The van der Waals surface area contributed by atoms with Gasteiger partial charge in [0, 0.05) is 3.57 Å². The van der Waals surface area contributed by atoms with Gasteiger partial charge in [-0.05, 0) is 59.0 Å². The highest BCUT2D eigenvalue weighted by Crippen LogP contribution is 2.19. The number of para-hydroxylation sites is 1. The molecule has 0 atom stereocenters. The van der Waals surface area contributed by atoms with Gasteiger partial charge >= 0.3 is 11.7 Å². The lowest BCUT2D eigenvalue weighted by Gasteiger charge is -2.04. The van der Waals surface area contributed by atoms with Crippen molar-refractivity contribution in [2.45, 2.75) is 0 Å². The van der Waals surface area contributed by atoms with Gasteiger partial charge < -0.3 is 10.1 Å². The molecule has 3 aromatic rings. The second-order valence-electron chi connectivity index (χ2n) is 4.25. The maximum atomic E-state index is 12.1. The number of carboxylic acid groups (broad SMARTS) is 1. The number of benzene rings is 2. The average Bonchev–Trinajstić information content (AvgIpc) is 2.75. The molecule has 1 aromatic heterocycles. The molecule has 0 aliphatic heterocycles. The van der Waals surface area contributed by atoms with E-state index < -0.39 is 5.97 Å². The number of aromatic carboxylic acids is 1. The Hall–Kier alpha value is -2.09. The first-order chi connectivity index (χ1) is 9.58. The van der Waals surface area contributed by atoms with Crippen LogP contribution < -0.4 is 5.69 Å². The summed E-state index contributed by atoms with van der Waals surface area (Å²) in [6.07, 6.45) is 0. The Morgan fingerprint density at radius 2 is 1.85 bits per heavy atom. The summed E-state index contributed by atoms with van der Waals surface area (Å²) < 4.78 is 2.53. The molecule has 2 aromatic carbocycles. The summed E-state index contributed by atoms with van der Waals surface area (Å²) in [6, 6.07) is 12.2. The fraction of sp³-hybridized carbons (Fsp3) is 0. The maximum absolute atomic E-state index is 12.1. The van der Waals surface area contributed by atoms with E-state index in [9.17, 15) is 9.59 Å². The number of rotatable bonds is 2.